The van der Waals surface area contributed by atoms with Crippen LogP contribution in [0.3, 0.4) is 0 Å². The minimum Gasteiger partial charge on any atom is -0.394 e. The zero-order chi connectivity index (χ0) is 21.2. The zero-order valence-electron chi connectivity index (χ0n) is 17.2. The Morgan fingerprint density at radius 3 is 2.65 bits per heavy atom. The van der Waals surface area contributed by atoms with Crippen LogP contribution < -0.4 is 0 Å². The molecule has 2 saturated heterocycles. The van der Waals surface area contributed by atoms with E-state index in [9.17, 15) is 5.11 Å². The summed E-state index contributed by atoms with van der Waals surface area (Å²) in [7, 11) is 0. The summed E-state index contributed by atoms with van der Waals surface area (Å²) in [5.41, 5.74) is 3.06. The molecule has 4 aromatic rings. The van der Waals surface area contributed by atoms with Crippen molar-refractivity contribution in [2.24, 2.45) is 0 Å². The molecule has 2 aromatic heterocycles. The number of hydrogen-bond donors (Lipinski definition) is 1. The average molecular weight is 418 g/mol. The van der Waals surface area contributed by atoms with Crippen LogP contribution in [0.25, 0.3) is 33.2 Å². The standard InChI is InChI=1S/C23H22N4O4/c1-23(2)30-19-16(10-28)29-22(20(19)31-23)27-12-26-18-17(24-11-25-21(18)27)15-8-7-13-5-3-4-6-14(13)9-15/h3-9,11-12,16,19-20,22,28H,10H2,1-2H3/t16-,19-,20-,22-/m1/s1. The summed E-state index contributed by atoms with van der Waals surface area (Å²) in [6.45, 7) is 3.58. The summed E-state index contributed by atoms with van der Waals surface area (Å²) in [4.78, 5) is 13.6. The van der Waals surface area contributed by atoms with E-state index in [1.807, 2.05) is 36.6 Å². The highest BCUT2D eigenvalue weighted by atomic mass is 16.8. The molecule has 0 aliphatic carbocycles. The third-order valence-electron chi connectivity index (χ3n) is 5.96. The van der Waals surface area contributed by atoms with Gasteiger partial charge in [-0.1, -0.05) is 36.4 Å². The third kappa shape index (κ3) is 2.95. The smallest absolute Gasteiger partial charge is 0.166 e. The molecule has 2 aliphatic heterocycles. The number of ether oxygens (including phenoxy) is 3. The van der Waals surface area contributed by atoms with Crippen LogP contribution in [0.15, 0.2) is 55.1 Å². The molecular formula is C23H22N4O4. The van der Waals surface area contributed by atoms with Gasteiger partial charge in [0.15, 0.2) is 17.7 Å². The Balaban J connectivity index is 1.44. The average Bonchev–Trinajstić information content (AvgIpc) is 3.43. The van der Waals surface area contributed by atoms with E-state index in [0.29, 0.717) is 11.2 Å². The van der Waals surface area contributed by atoms with Crippen LogP contribution >= 0.6 is 0 Å². The molecule has 0 spiro atoms. The monoisotopic (exact) mass is 418 g/mol. The van der Waals surface area contributed by atoms with Crippen molar-refractivity contribution in [3.63, 3.8) is 0 Å². The van der Waals surface area contributed by atoms with Gasteiger partial charge in [0.05, 0.1) is 12.9 Å². The lowest BCUT2D eigenvalue weighted by molar-refractivity contribution is -0.199. The molecule has 8 heteroatoms. The maximum absolute atomic E-state index is 9.78. The molecule has 0 unspecified atom stereocenters. The van der Waals surface area contributed by atoms with Crippen LogP contribution in [0, 0.1) is 0 Å². The van der Waals surface area contributed by atoms with Crippen molar-refractivity contribution in [2.45, 2.75) is 44.2 Å². The number of rotatable bonds is 3. The van der Waals surface area contributed by atoms with E-state index in [0.717, 1.165) is 16.6 Å². The summed E-state index contributed by atoms with van der Waals surface area (Å²) >= 11 is 0. The first-order valence-corrected chi connectivity index (χ1v) is 10.3. The molecule has 2 aliphatic rings. The SMILES string of the molecule is CC1(C)O[C@@H]2[C@H](O1)[C@@H](CO)O[C@H]2n1cnc2c(-c3ccc4ccccc4c3)ncnc21. The summed E-state index contributed by atoms with van der Waals surface area (Å²) in [5, 5.41) is 12.1. The number of imidazole rings is 1. The van der Waals surface area contributed by atoms with E-state index in [2.05, 4.69) is 39.2 Å². The maximum Gasteiger partial charge on any atom is 0.166 e. The summed E-state index contributed by atoms with van der Waals surface area (Å²) in [5.74, 6) is -0.744. The lowest BCUT2D eigenvalue weighted by atomic mass is 10.0. The molecular weight excluding hydrogens is 396 g/mol. The number of nitrogens with zero attached hydrogens (tertiary/aromatic N) is 4. The van der Waals surface area contributed by atoms with Crippen LogP contribution in [-0.4, -0.2) is 55.3 Å². The predicted molar refractivity (Wildman–Crippen MR) is 113 cm³/mol. The molecule has 0 amide bonds. The lowest BCUT2D eigenvalue weighted by Gasteiger charge is -2.24. The normalized spacial score (nSPS) is 27.2. The van der Waals surface area contributed by atoms with E-state index < -0.39 is 18.1 Å². The Kier molecular flexibility index (Phi) is 4.13. The molecule has 1 N–H and O–H groups in total. The van der Waals surface area contributed by atoms with E-state index in [-0.39, 0.29) is 18.8 Å². The van der Waals surface area contributed by atoms with Crippen LogP contribution in [0.5, 0.6) is 0 Å². The van der Waals surface area contributed by atoms with E-state index in [1.54, 1.807) is 6.33 Å². The van der Waals surface area contributed by atoms with Gasteiger partial charge in [-0.15, -0.1) is 0 Å². The molecule has 4 heterocycles. The van der Waals surface area contributed by atoms with Crippen molar-refractivity contribution < 1.29 is 19.3 Å². The Hall–Kier alpha value is -2.91. The molecule has 2 aromatic carbocycles. The van der Waals surface area contributed by atoms with Gasteiger partial charge in [0.2, 0.25) is 0 Å². The topological polar surface area (TPSA) is 91.5 Å². The van der Waals surface area contributed by atoms with Crippen LogP contribution in [-0.2, 0) is 14.2 Å². The number of aliphatic hydroxyl groups excluding tert-OH is 1. The summed E-state index contributed by atoms with van der Waals surface area (Å²) < 4.78 is 20.0. The largest absolute Gasteiger partial charge is 0.394 e. The molecule has 6 rings (SSSR count). The van der Waals surface area contributed by atoms with Crippen LogP contribution in [0.4, 0.5) is 0 Å². The molecule has 4 atom stereocenters. The first-order valence-electron chi connectivity index (χ1n) is 10.3. The van der Waals surface area contributed by atoms with Gasteiger partial charge < -0.3 is 19.3 Å². The van der Waals surface area contributed by atoms with Gasteiger partial charge in [-0.05, 0) is 30.7 Å². The van der Waals surface area contributed by atoms with Gasteiger partial charge in [-0.2, -0.15) is 0 Å². The maximum atomic E-state index is 9.78. The second-order valence-corrected chi connectivity index (χ2v) is 8.42. The first-order chi connectivity index (χ1) is 15.0. The fourth-order valence-electron chi connectivity index (χ4n) is 4.62. The van der Waals surface area contributed by atoms with E-state index in [1.165, 1.54) is 11.7 Å². The molecule has 0 saturated carbocycles. The number of hydrogen-bond acceptors (Lipinski definition) is 7. The van der Waals surface area contributed by atoms with Gasteiger partial charge in [0.1, 0.15) is 35.8 Å². The summed E-state index contributed by atoms with van der Waals surface area (Å²) in [6, 6.07) is 14.4. The Labute approximate surface area is 178 Å². The van der Waals surface area contributed by atoms with Crippen molar-refractivity contribution in [2.75, 3.05) is 6.61 Å². The van der Waals surface area contributed by atoms with Crippen molar-refractivity contribution in [1.82, 2.24) is 19.5 Å². The van der Waals surface area contributed by atoms with Crippen molar-refractivity contribution in [3.8, 4) is 11.3 Å². The van der Waals surface area contributed by atoms with E-state index >= 15 is 0 Å². The molecule has 0 radical (unpaired) electrons. The quantitative estimate of drug-likeness (QED) is 0.547. The number of fused-ring (bicyclic) bond motifs is 3. The van der Waals surface area contributed by atoms with Crippen LogP contribution in [0.1, 0.15) is 20.1 Å². The van der Waals surface area contributed by atoms with Crippen molar-refractivity contribution >= 4 is 21.9 Å². The van der Waals surface area contributed by atoms with Gasteiger partial charge >= 0.3 is 0 Å². The highest BCUT2D eigenvalue weighted by Gasteiger charge is 2.56. The molecule has 8 nitrogen and oxygen atoms in total. The lowest BCUT2D eigenvalue weighted by Crippen LogP contribution is -2.31. The molecule has 31 heavy (non-hydrogen) atoms. The number of aliphatic hydroxyl groups is 1. The number of aromatic nitrogens is 4. The van der Waals surface area contributed by atoms with Gasteiger partial charge in [0.25, 0.3) is 0 Å². The third-order valence-corrected chi connectivity index (χ3v) is 5.96. The van der Waals surface area contributed by atoms with Gasteiger partial charge in [-0.25, -0.2) is 15.0 Å². The Morgan fingerprint density at radius 2 is 1.81 bits per heavy atom. The predicted octanol–water partition coefficient (Wildman–Crippen LogP) is 3.06. The first kappa shape index (κ1) is 18.8. The Bertz CT molecular complexity index is 1290. The highest BCUT2D eigenvalue weighted by Crippen LogP contribution is 2.43. The van der Waals surface area contributed by atoms with Crippen LogP contribution in [0.2, 0.25) is 0 Å². The molecule has 2 fully saturated rings. The zero-order valence-corrected chi connectivity index (χ0v) is 17.2. The van der Waals surface area contributed by atoms with Gasteiger partial charge in [0, 0.05) is 5.56 Å². The minimum absolute atomic E-state index is 0.152. The Morgan fingerprint density at radius 1 is 1.00 bits per heavy atom. The molecule has 0 bridgehead atoms. The second-order valence-electron chi connectivity index (χ2n) is 8.42. The van der Waals surface area contributed by atoms with Crippen molar-refractivity contribution in [3.05, 3.63) is 55.1 Å². The fourth-order valence-corrected chi connectivity index (χ4v) is 4.62. The van der Waals surface area contributed by atoms with E-state index in [4.69, 9.17) is 14.2 Å². The summed E-state index contributed by atoms with van der Waals surface area (Å²) in [6.07, 6.45) is 1.52. The highest BCUT2D eigenvalue weighted by molar-refractivity contribution is 5.92. The second kappa shape index (κ2) is 6.80. The molecule has 158 valence electrons. The minimum atomic E-state index is -0.744. The fraction of sp³-hybridized carbons (Fsp3) is 0.348. The van der Waals surface area contributed by atoms with Crippen molar-refractivity contribution in [1.29, 1.82) is 0 Å². The number of benzene rings is 2. The van der Waals surface area contributed by atoms with Gasteiger partial charge in [-0.3, -0.25) is 4.57 Å².